The Balaban J connectivity index is 1.64. The largest absolute Gasteiger partial charge is 0.334 e. The fraction of sp³-hybridized carbons (Fsp3) is 0.800. The average Bonchev–Trinajstić information content (AvgIpc) is 2.95. The lowest BCUT2D eigenvalue weighted by atomic mass is 10.0. The molecule has 1 saturated heterocycles. The van der Waals surface area contributed by atoms with Gasteiger partial charge in [0.25, 0.3) is 0 Å². The number of likely N-dealkylation sites (tertiary alicyclic amines) is 1. The van der Waals surface area contributed by atoms with Crippen LogP contribution in [0.25, 0.3) is 0 Å². The summed E-state index contributed by atoms with van der Waals surface area (Å²) in [4.78, 5) is 7.40. The predicted octanol–water partition coefficient (Wildman–Crippen LogP) is 2.35. The van der Waals surface area contributed by atoms with Gasteiger partial charge in [0.05, 0.1) is 5.69 Å². The van der Waals surface area contributed by atoms with Crippen LogP contribution in [0.2, 0.25) is 0 Å². The molecule has 2 aliphatic heterocycles. The Morgan fingerprint density at radius 3 is 3.00 bits per heavy atom. The van der Waals surface area contributed by atoms with E-state index >= 15 is 0 Å². The lowest BCUT2D eigenvalue weighted by Crippen LogP contribution is -2.20. The molecule has 0 aromatic carbocycles. The monoisotopic (exact) mass is 247 g/mol. The third kappa shape index (κ3) is 2.46. The zero-order valence-corrected chi connectivity index (χ0v) is 11.7. The standard InChI is InChI=1S/C15H25N3/c1-3-17-7-6-13(10-17)8-14-11-18-9-12(2)4-5-15(18)16-14/h11-13H,3-10H2,1-2H3. The normalized spacial score (nSPS) is 28.6. The second-order valence-electron chi connectivity index (χ2n) is 6.20. The first-order valence-electron chi connectivity index (χ1n) is 7.52. The van der Waals surface area contributed by atoms with Crippen LogP contribution in [0.4, 0.5) is 0 Å². The van der Waals surface area contributed by atoms with Crippen LogP contribution >= 0.6 is 0 Å². The number of rotatable bonds is 3. The van der Waals surface area contributed by atoms with Crippen molar-refractivity contribution in [3.8, 4) is 0 Å². The number of nitrogens with zero attached hydrogens (tertiary/aromatic N) is 3. The minimum Gasteiger partial charge on any atom is -0.334 e. The lowest BCUT2D eigenvalue weighted by molar-refractivity contribution is 0.341. The third-order valence-electron chi connectivity index (χ3n) is 4.59. The highest BCUT2D eigenvalue weighted by molar-refractivity contribution is 5.08. The molecular weight excluding hydrogens is 222 g/mol. The minimum absolute atomic E-state index is 0.821. The molecule has 2 unspecified atom stereocenters. The summed E-state index contributed by atoms with van der Waals surface area (Å²) in [5.41, 5.74) is 1.34. The first kappa shape index (κ1) is 12.2. The second-order valence-corrected chi connectivity index (χ2v) is 6.20. The van der Waals surface area contributed by atoms with E-state index in [1.807, 2.05) is 0 Å². The van der Waals surface area contributed by atoms with Gasteiger partial charge in [-0.25, -0.2) is 4.98 Å². The van der Waals surface area contributed by atoms with Crippen molar-refractivity contribution in [3.05, 3.63) is 17.7 Å². The Morgan fingerprint density at radius 1 is 1.33 bits per heavy atom. The quantitative estimate of drug-likeness (QED) is 0.817. The van der Waals surface area contributed by atoms with Crippen LogP contribution in [-0.4, -0.2) is 34.1 Å². The maximum Gasteiger partial charge on any atom is 0.108 e. The summed E-state index contributed by atoms with van der Waals surface area (Å²) >= 11 is 0. The van der Waals surface area contributed by atoms with Gasteiger partial charge in [-0.15, -0.1) is 0 Å². The van der Waals surface area contributed by atoms with Crippen LogP contribution in [0.15, 0.2) is 6.20 Å². The molecule has 3 heteroatoms. The molecule has 0 spiro atoms. The van der Waals surface area contributed by atoms with Crippen molar-refractivity contribution < 1.29 is 0 Å². The van der Waals surface area contributed by atoms with E-state index < -0.39 is 0 Å². The predicted molar refractivity (Wildman–Crippen MR) is 73.6 cm³/mol. The first-order valence-corrected chi connectivity index (χ1v) is 7.52. The van der Waals surface area contributed by atoms with Gasteiger partial charge < -0.3 is 9.47 Å². The topological polar surface area (TPSA) is 21.1 Å². The van der Waals surface area contributed by atoms with Crippen molar-refractivity contribution in [1.29, 1.82) is 0 Å². The van der Waals surface area contributed by atoms with Gasteiger partial charge >= 0.3 is 0 Å². The Morgan fingerprint density at radius 2 is 2.22 bits per heavy atom. The molecule has 2 atom stereocenters. The van der Waals surface area contributed by atoms with Gasteiger partial charge in [-0.1, -0.05) is 13.8 Å². The molecule has 0 aliphatic carbocycles. The average molecular weight is 247 g/mol. The van der Waals surface area contributed by atoms with E-state index in [0.29, 0.717) is 0 Å². The molecular formula is C15H25N3. The zero-order valence-electron chi connectivity index (χ0n) is 11.7. The maximum absolute atomic E-state index is 4.84. The number of aryl methyl sites for hydroxylation is 1. The molecule has 3 heterocycles. The molecule has 2 aliphatic rings. The van der Waals surface area contributed by atoms with Gasteiger partial charge in [0.15, 0.2) is 0 Å². The van der Waals surface area contributed by atoms with E-state index in [0.717, 1.165) is 11.8 Å². The van der Waals surface area contributed by atoms with Crippen LogP contribution < -0.4 is 0 Å². The van der Waals surface area contributed by atoms with E-state index in [1.54, 1.807) is 0 Å². The molecule has 0 radical (unpaired) electrons. The van der Waals surface area contributed by atoms with Crippen molar-refractivity contribution in [2.24, 2.45) is 11.8 Å². The summed E-state index contributed by atoms with van der Waals surface area (Å²) < 4.78 is 2.40. The summed E-state index contributed by atoms with van der Waals surface area (Å²) in [5.74, 6) is 2.98. The van der Waals surface area contributed by atoms with Crippen molar-refractivity contribution in [2.75, 3.05) is 19.6 Å². The van der Waals surface area contributed by atoms with Gasteiger partial charge in [0.2, 0.25) is 0 Å². The molecule has 100 valence electrons. The molecule has 1 fully saturated rings. The van der Waals surface area contributed by atoms with Crippen LogP contribution in [0.1, 0.15) is 38.2 Å². The number of hydrogen-bond acceptors (Lipinski definition) is 2. The minimum atomic E-state index is 0.821. The van der Waals surface area contributed by atoms with E-state index in [-0.39, 0.29) is 0 Å². The van der Waals surface area contributed by atoms with E-state index in [1.165, 1.54) is 63.4 Å². The Kier molecular flexibility index (Phi) is 3.42. The van der Waals surface area contributed by atoms with E-state index in [4.69, 9.17) is 4.98 Å². The van der Waals surface area contributed by atoms with Crippen molar-refractivity contribution in [2.45, 2.75) is 46.1 Å². The SMILES string of the molecule is CCN1CCC(Cc2cn3c(n2)CCC(C)C3)C1. The summed E-state index contributed by atoms with van der Waals surface area (Å²) in [5, 5.41) is 0. The van der Waals surface area contributed by atoms with Crippen LogP contribution in [0.3, 0.4) is 0 Å². The number of aromatic nitrogens is 2. The molecule has 1 aromatic heterocycles. The summed E-state index contributed by atoms with van der Waals surface area (Å²) in [7, 11) is 0. The lowest BCUT2D eigenvalue weighted by Gasteiger charge is -2.19. The van der Waals surface area contributed by atoms with Gasteiger partial charge in [-0.05, 0) is 44.2 Å². The second kappa shape index (κ2) is 5.04. The highest BCUT2D eigenvalue weighted by Gasteiger charge is 2.23. The van der Waals surface area contributed by atoms with Gasteiger partial charge in [0.1, 0.15) is 5.82 Å². The van der Waals surface area contributed by atoms with E-state index in [2.05, 4.69) is 29.5 Å². The van der Waals surface area contributed by atoms with Crippen LogP contribution in [0, 0.1) is 11.8 Å². The first-order chi connectivity index (χ1) is 8.74. The zero-order chi connectivity index (χ0) is 12.5. The number of fused-ring (bicyclic) bond motifs is 1. The smallest absolute Gasteiger partial charge is 0.108 e. The maximum atomic E-state index is 4.84. The number of hydrogen-bond donors (Lipinski definition) is 0. The third-order valence-corrected chi connectivity index (χ3v) is 4.59. The van der Waals surface area contributed by atoms with Crippen molar-refractivity contribution in [1.82, 2.24) is 14.5 Å². The van der Waals surface area contributed by atoms with E-state index in [9.17, 15) is 0 Å². The van der Waals surface area contributed by atoms with Gasteiger partial charge in [-0.2, -0.15) is 0 Å². The van der Waals surface area contributed by atoms with Gasteiger partial charge in [0, 0.05) is 25.7 Å². The number of imidazole rings is 1. The van der Waals surface area contributed by atoms with Gasteiger partial charge in [-0.3, -0.25) is 0 Å². The Bertz CT molecular complexity index is 410. The molecule has 0 bridgehead atoms. The van der Waals surface area contributed by atoms with Crippen LogP contribution in [-0.2, 0) is 19.4 Å². The summed E-state index contributed by atoms with van der Waals surface area (Å²) in [6.45, 7) is 9.54. The summed E-state index contributed by atoms with van der Waals surface area (Å²) in [6, 6.07) is 0. The molecule has 1 aromatic rings. The highest BCUT2D eigenvalue weighted by Crippen LogP contribution is 2.23. The highest BCUT2D eigenvalue weighted by atomic mass is 15.1. The fourth-order valence-corrected chi connectivity index (χ4v) is 3.43. The fourth-order valence-electron chi connectivity index (χ4n) is 3.43. The molecule has 3 rings (SSSR count). The Hall–Kier alpha value is -0.830. The van der Waals surface area contributed by atoms with Crippen LogP contribution in [0.5, 0.6) is 0 Å². The Labute approximate surface area is 110 Å². The van der Waals surface area contributed by atoms with Crippen molar-refractivity contribution in [3.63, 3.8) is 0 Å². The molecule has 3 nitrogen and oxygen atoms in total. The molecule has 18 heavy (non-hydrogen) atoms. The van der Waals surface area contributed by atoms with Crippen molar-refractivity contribution >= 4 is 0 Å². The molecule has 0 saturated carbocycles. The summed E-state index contributed by atoms with van der Waals surface area (Å²) in [6.07, 6.45) is 7.34. The molecule has 0 N–H and O–H groups in total. The molecule has 0 amide bonds.